The Hall–Kier alpha value is -1.26. The quantitative estimate of drug-likeness (QED) is 0.839. The van der Waals surface area contributed by atoms with Crippen LogP contribution in [0, 0.1) is 5.92 Å². The smallest absolute Gasteiger partial charge is 0.255 e. The van der Waals surface area contributed by atoms with Crippen LogP contribution in [0.4, 0.5) is 0 Å². The molecule has 4 nitrogen and oxygen atoms in total. The Morgan fingerprint density at radius 1 is 1.47 bits per heavy atom. The molecule has 1 aliphatic carbocycles. The topological polar surface area (TPSA) is 64.3 Å². The van der Waals surface area contributed by atoms with E-state index in [1.54, 1.807) is 6.07 Å². The summed E-state index contributed by atoms with van der Waals surface area (Å²) in [4.78, 5) is 12.2. The number of nitrogens with two attached hydrogens (primary N) is 1. The SMILES string of the molecule is CCOc1ccccc1C(=O)NC(CN)C1CC1.Cl. The van der Waals surface area contributed by atoms with E-state index in [0.717, 1.165) is 12.8 Å². The van der Waals surface area contributed by atoms with Crippen molar-refractivity contribution in [1.82, 2.24) is 5.32 Å². The molecule has 5 heteroatoms. The van der Waals surface area contributed by atoms with Crippen LogP contribution in [0.5, 0.6) is 5.75 Å². The molecule has 0 radical (unpaired) electrons. The van der Waals surface area contributed by atoms with Gasteiger partial charge in [-0.25, -0.2) is 0 Å². The maximum absolute atomic E-state index is 12.2. The molecule has 1 aromatic rings. The summed E-state index contributed by atoms with van der Waals surface area (Å²) in [7, 11) is 0. The molecule has 2 rings (SSSR count). The van der Waals surface area contributed by atoms with E-state index in [1.807, 2.05) is 25.1 Å². The number of halogens is 1. The molecule has 0 spiro atoms. The van der Waals surface area contributed by atoms with Crippen molar-refractivity contribution >= 4 is 18.3 Å². The van der Waals surface area contributed by atoms with Crippen LogP contribution in [-0.2, 0) is 0 Å². The Balaban J connectivity index is 0.00000180. The summed E-state index contributed by atoms with van der Waals surface area (Å²) in [6.07, 6.45) is 2.32. The number of nitrogens with one attached hydrogen (secondary N) is 1. The minimum absolute atomic E-state index is 0. The monoisotopic (exact) mass is 284 g/mol. The van der Waals surface area contributed by atoms with Crippen LogP contribution >= 0.6 is 12.4 Å². The number of para-hydroxylation sites is 1. The number of carbonyl (C=O) groups excluding carboxylic acids is 1. The lowest BCUT2D eigenvalue weighted by molar-refractivity contribution is 0.0929. The summed E-state index contributed by atoms with van der Waals surface area (Å²) in [5, 5.41) is 3.00. The molecule has 1 saturated carbocycles. The van der Waals surface area contributed by atoms with Crippen molar-refractivity contribution in [2.45, 2.75) is 25.8 Å². The van der Waals surface area contributed by atoms with Crippen molar-refractivity contribution in [3.05, 3.63) is 29.8 Å². The van der Waals surface area contributed by atoms with E-state index in [4.69, 9.17) is 10.5 Å². The van der Waals surface area contributed by atoms with Gasteiger partial charge in [-0.1, -0.05) is 12.1 Å². The van der Waals surface area contributed by atoms with E-state index in [9.17, 15) is 4.79 Å². The van der Waals surface area contributed by atoms with Gasteiger partial charge >= 0.3 is 0 Å². The van der Waals surface area contributed by atoms with Crippen LogP contribution in [0.3, 0.4) is 0 Å². The van der Waals surface area contributed by atoms with Gasteiger partial charge in [0.25, 0.3) is 5.91 Å². The van der Waals surface area contributed by atoms with Gasteiger partial charge in [-0.2, -0.15) is 0 Å². The molecule has 0 aromatic heterocycles. The fourth-order valence-corrected chi connectivity index (χ4v) is 2.05. The third-order valence-electron chi connectivity index (χ3n) is 3.19. The molecule has 1 aliphatic rings. The third-order valence-corrected chi connectivity index (χ3v) is 3.19. The minimum Gasteiger partial charge on any atom is -0.493 e. The molecule has 1 unspecified atom stereocenters. The van der Waals surface area contributed by atoms with Gasteiger partial charge < -0.3 is 15.8 Å². The second-order valence-corrected chi connectivity index (χ2v) is 4.58. The average Bonchev–Trinajstić information content (AvgIpc) is 3.21. The lowest BCUT2D eigenvalue weighted by atomic mass is 10.1. The summed E-state index contributed by atoms with van der Waals surface area (Å²) < 4.78 is 5.46. The Morgan fingerprint density at radius 3 is 2.74 bits per heavy atom. The molecule has 0 saturated heterocycles. The summed E-state index contributed by atoms with van der Waals surface area (Å²) in [6.45, 7) is 2.95. The summed E-state index contributed by atoms with van der Waals surface area (Å²) in [6, 6.07) is 7.38. The van der Waals surface area contributed by atoms with Crippen LogP contribution in [0.15, 0.2) is 24.3 Å². The zero-order valence-electron chi connectivity index (χ0n) is 11.1. The first-order valence-electron chi connectivity index (χ1n) is 6.49. The highest BCUT2D eigenvalue weighted by atomic mass is 35.5. The second-order valence-electron chi connectivity index (χ2n) is 4.58. The lowest BCUT2D eigenvalue weighted by Gasteiger charge is -2.17. The average molecular weight is 285 g/mol. The molecule has 1 aromatic carbocycles. The van der Waals surface area contributed by atoms with E-state index < -0.39 is 0 Å². The van der Waals surface area contributed by atoms with E-state index in [2.05, 4.69) is 5.32 Å². The Kier molecular flexibility index (Phi) is 6.12. The number of hydrogen-bond donors (Lipinski definition) is 2. The largest absolute Gasteiger partial charge is 0.493 e. The van der Waals surface area contributed by atoms with Gasteiger partial charge in [0, 0.05) is 12.6 Å². The standard InChI is InChI=1S/C14H20N2O2.ClH/c1-2-18-13-6-4-3-5-11(13)14(17)16-12(9-15)10-7-8-10;/h3-6,10,12H,2,7-9,15H2,1H3,(H,16,17);1H. The Labute approximate surface area is 120 Å². The predicted molar refractivity (Wildman–Crippen MR) is 77.9 cm³/mol. The van der Waals surface area contributed by atoms with Crippen molar-refractivity contribution < 1.29 is 9.53 Å². The molecular formula is C14H21ClN2O2. The van der Waals surface area contributed by atoms with Crippen LogP contribution in [0.1, 0.15) is 30.1 Å². The van der Waals surface area contributed by atoms with Crippen LogP contribution in [-0.4, -0.2) is 25.1 Å². The van der Waals surface area contributed by atoms with E-state index in [-0.39, 0.29) is 24.4 Å². The molecule has 1 amide bonds. The number of amides is 1. The van der Waals surface area contributed by atoms with E-state index in [1.165, 1.54) is 0 Å². The first-order valence-corrected chi connectivity index (χ1v) is 6.49. The Morgan fingerprint density at radius 2 is 2.16 bits per heavy atom. The maximum Gasteiger partial charge on any atom is 0.255 e. The van der Waals surface area contributed by atoms with Gasteiger partial charge in [-0.3, -0.25) is 4.79 Å². The van der Waals surface area contributed by atoms with Crippen LogP contribution < -0.4 is 15.8 Å². The van der Waals surface area contributed by atoms with E-state index >= 15 is 0 Å². The second kappa shape index (κ2) is 7.36. The highest BCUT2D eigenvalue weighted by Gasteiger charge is 2.31. The lowest BCUT2D eigenvalue weighted by Crippen LogP contribution is -2.41. The minimum atomic E-state index is -0.0959. The Bertz CT molecular complexity index is 422. The third kappa shape index (κ3) is 4.11. The number of carbonyl (C=O) groups is 1. The van der Waals surface area contributed by atoms with Crippen molar-refractivity contribution in [2.24, 2.45) is 11.7 Å². The fraction of sp³-hybridized carbons (Fsp3) is 0.500. The van der Waals surface area contributed by atoms with Gasteiger partial charge in [0.1, 0.15) is 5.75 Å². The van der Waals surface area contributed by atoms with Crippen molar-refractivity contribution in [3.8, 4) is 5.75 Å². The van der Waals surface area contributed by atoms with Crippen LogP contribution in [0.2, 0.25) is 0 Å². The highest BCUT2D eigenvalue weighted by molar-refractivity contribution is 5.97. The van der Waals surface area contributed by atoms with Gasteiger partial charge in [0.2, 0.25) is 0 Å². The molecule has 3 N–H and O–H groups in total. The molecule has 1 fully saturated rings. The zero-order valence-corrected chi connectivity index (χ0v) is 11.9. The molecule has 0 aliphatic heterocycles. The summed E-state index contributed by atoms with van der Waals surface area (Å²) >= 11 is 0. The number of benzene rings is 1. The number of hydrogen-bond acceptors (Lipinski definition) is 3. The van der Waals surface area contributed by atoms with Gasteiger partial charge in [0.05, 0.1) is 12.2 Å². The van der Waals surface area contributed by atoms with Gasteiger partial charge in [-0.15, -0.1) is 12.4 Å². The zero-order chi connectivity index (χ0) is 13.0. The number of ether oxygens (including phenoxy) is 1. The molecule has 0 heterocycles. The van der Waals surface area contributed by atoms with Crippen molar-refractivity contribution in [3.63, 3.8) is 0 Å². The number of rotatable bonds is 6. The molecular weight excluding hydrogens is 264 g/mol. The fourth-order valence-electron chi connectivity index (χ4n) is 2.05. The maximum atomic E-state index is 12.2. The first kappa shape index (κ1) is 15.8. The summed E-state index contributed by atoms with van der Waals surface area (Å²) in [5.74, 6) is 1.09. The van der Waals surface area contributed by atoms with Gasteiger partial charge in [0.15, 0.2) is 0 Å². The molecule has 19 heavy (non-hydrogen) atoms. The molecule has 106 valence electrons. The van der Waals surface area contributed by atoms with Crippen molar-refractivity contribution in [1.29, 1.82) is 0 Å². The molecule has 0 bridgehead atoms. The van der Waals surface area contributed by atoms with Gasteiger partial charge in [-0.05, 0) is 37.8 Å². The first-order chi connectivity index (χ1) is 8.76. The predicted octanol–water partition coefficient (Wildman–Crippen LogP) is 1.97. The van der Waals surface area contributed by atoms with Crippen molar-refractivity contribution in [2.75, 3.05) is 13.2 Å². The normalized spacial score (nSPS) is 15.3. The highest BCUT2D eigenvalue weighted by Crippen LogP contribution is 2.32. The summed E-state index contributed by atoms with van der Waals surface area (Å²) in [5.41, 5.74) is 6.27. The molecule has 1 atom stereocenters. The van der Waals surface area contributed by atoms with Crippen LogP contribution in [0.25, 0.3) is 0 Å². The van der Waals surface area contributed by atoms with E-state index in [0.29, 0.717) is 30.4 Å².